The van der Waals surface area contributed by atoms with Crippen molar-refractivity contribution >= 4 is 12.0 Å². The van der Waals surface area contributed by atoms with Crippen LogP contribution < -0.4 is 9.47 Å². The second kappa shape index (κ2) is 10.2. The van der Waals surface area contributed by atoms with Gasteiger partial charge < -0.3 is 18.9 Å². The molecule has 0 saturated carbocycles. The molecule has 0 aliphatic carbocycles. The third-order valence-corrected chi connectivity index (χ3v) is 4.52. The van der Waals surface area contributed by atoms with E-state index in [-0.39, 0.29) is 19.7 Å². The molecular weight excluding hydrogens is 401 g/mol. The molecule has 1 aromatic carbocycles. The topological polar surface area (TPSA) is 64.8 Å². The Morgan fingerprint density at radius 3 is 2.57 bits per heavy atom. The second-order valence-corrected chi connectivity index (χ2v) is 6.62. The fourth-order valence-electron chi connectivity index (χ4n) is 2.72. The number of aryl methyl sites for hydroxylation is 2. The number of hydrogen-bond acceptors (Lipinski definition) is 5. The number of rotatable bonds is 9. The molecule has 1 amide bonds. The molecule has 30 heavy (non-hydrogen) atoms. The van der Waals surface area contributed by atoms with Crippen LogP contribution in [-0.2, 0) is 11.4 Å². The molecule has 0 aliphatic rings. The zero-order valence-electron chi connectivity index (χ0n) is 17.4. The van der Waals surface area contributed by atoms with Gasteiger partial charge in [0.1, 0.15) is 12.4 Å². The molecular formula is C21H25F3N2O4. The van der Waals surface area contributed by atoms with Crippen molar-refractivity contribution in [2.24, 2.45) is 0 Å². The van der Waals surface area contributed by atoms with Crippen LogP contribution in [0.4, 0.5) is 13.2 Å². The largest absolute Gasteiger partial charge is 0.493 e. The summed E-state index contributed by atoms with van der Waals surface area (Å²) in [6.45, 7) is 5.34. The summed E-state index contributed by atoms with van der Waals surface area (Å²) < 4.78 is 53.4. The Bertz CT molecular complexity index is 871. The second-order valence-electron chi connectivity index (χ2n) is 6.62. The Labute approximate surface area is 173 Å². The molecule has 0 fully saturated rings. The summed E-state index contributed by atoms with van der Waals surface area (Å²) in [6, 6.07) is 5.10. The number of alkyl halides is 3. The van der Waals surface area contributed by atoms with Crippen molar-refractivity contribution in [2.45, 2.75) is 40.0 Å². The number of methoxy groups -OCH3 is 1. The molecule has 0 N–H and O–H groups in total. The average molecular weight is 426 g/mol. The summed E-state index contributed by atoms with van der Waals surface area (Å²) in [5.41, 5.74) is 2.25. The Kier molecular flexibility index (Phi) is 7.91. The van der Waals surface area contributed by atoms with E-state index < -0.39 is 18.5 Å². The normalized spacial score (nSPS) is 11.7. The highest BCUT2D eigenvalue weighted by Gasteiger charge is 2.28. The van der Waals surface area contributed by atoms with Gasteiger partial charge in [-0.2, -0.15) is 13.2 Å². The minimum atomic E-state index is -4.30. The van der Waals surface area contributed by atoms with E-state index in [9.17, 15) is 18.0 Å². The molecule has 1 aromatic heterocycles. The van der Waals surface area contributed by atoms with Gasteiger partial charge in [-0.05, 0) is 44.5 Å². The maximum atomic E-state index is 12.4. The molecule has 164 valence electrons. The zero-order chi connectivity index (χ0) is 22.3. The molecule has 0 unspecified atom stereocenters. The molecule has 9 heteroatoms. The number of amides is 1. The quantitative estimate of drug-likeness (QED) is 0.544. The number of hydrogen-bond donors (Lipinski definition) is 0. The molecule has 0 atom stereocenters. The van der Waals surface area contributed by atoms with Gasteiger partial charge in [-0.3, -0.25) is 4.79 Å². The standard InChI is InChI=1S/C21H25F3N2O4/c1-5-26(11-10-21(22,23)24)20(27)9-7-16-6-8-18(19(12-16)28-4)29-13-17-14(2)25-30-15(17)3/h6-9,12H,5,10-11,13H2,1-4H3/b9-7-. The van der Waals surface area contributed by atoms with Gasteiger partial charge in [0.25, 0.3) is 0 Å². The van der Waals surface area contributed by atoms with Gasteiger partial charge in [0.15, 0.2) is 11.5 Å². The highest BCUT2D eigenvalue weighted by molar-refractivity contribution is 5.91. The smallest absolute Gasteiger partial charge is 0.390 e. The first-order chi connectivity index (χ1) is 14.1. The van der Waals surface area contributed by atoms with E-state index in [0.717, 1.165) is 16.2 Å². The van der Waals surface area contributed by atoms with Crippen molar-refractivity contribution in [2.75, 3.05) is 20.2 Å². The van der Waals surface area contributed by atoms with E-state index in [1.807, 2.05) is 6.92 Å². The fourth-order valence-corrected chi connectivity index (χ4v) is 2.72. The minimum absolute atomic E-state index is 0.192. The SMILES string of the molecule is CCN(CCC(F)(F)F)C(=O)/C=C\c1ccc(OCc2c(C)noc2C)c(OC)c1. The van der Waals surface area contributed by atoms with E-state index in [0.29, 0.717) is 22.8 Å². The third-order valence-electron chi connectivity index (χ3n) is 4.52. The third kappa shape index (κ3) is 6.53. The first-order valence-electron chi connectivity index (χ1n) is 9.41. The summed E-state index contributed by atoms with van der Waals surface area (Å²) in [4.78, 5) is 13.3. The van der Waals surface area contributed by atoms with Crippen LogP contribution in [0.5, 0.6) is 11.5 Å². The molecule has 6 nitrogen and oxygen atoms in total. The molecule has 2 rings (SSSR count). The number of carbonyl (C=O) groups is 1. The molecule has 0 aliphatic heterocycles. The lowest BCUT2D eigenvalue weighted by Gasteiger charge is -2.19. The van der Waals surface area contributed by atoms with Crippen molar-refractivity contribution in [1.29, 1.82) is 0 Å². The van der Waals surface area contributed by atoms with E-state index in [2.05, 4.69) is 5.16 Å². The van der Waals surface area contributed by atoms with Gasteiger partial charge >= 0.3 is 6.18 Å². The highest BCUT2D eigenvalue weighted by Crippen LogP contribution is 2.30. The van der Waals surface area contributed by atoms with Crippen LogP contribution >= 0.6 is 0 Å². The number of halogens is 3. The van der Waals surface area contributed by atoms with Gasteiger partial charge in [-0.15, -0.1) is 0 Å². The van der Waals surface area contributed by atoms with Crippen molar-refractivity contribution < 1.29 is 32.0 Å². The first kappa shape index (κ1) is 23.3. The molecule has 0 spiro atoms. The van der Waals surface area contributed by atoms with Crippen LogP contribution in [-0.4, -0.2) is 42.3 Å². The fraction of sp³-hybridized carbons (Fsp3) is 0.429. The number of likely N-dealkylation sites (N-methyl/N-ethyl adjacent to an activating group) is 1. The van der Waals surface area contributed by atoms with Gasteiger partial charge in [0, 0.05) is 19.2 Å². The number of carbonyl (C=O) groups excluding carboxylic acids is 1. The van der Waals surface area contributed by atoms with Crippen LogP contribution in [0.2, 0.25) is 0 Å². The van der Waals surface area contributed by atoms with Crippen molar-refractivity contribution in [1.82, 2.24) is 10.1 Å². The number of nitrogens with zero attached hydrogens (tertiary/aromatic N) is 2. The summed E-state index contributed by atoms with van der Waals surface area (Å²) >= 11 is 0. The van der Waals surface area contributed by atoms with Crippen LogP contribution in [0, 0.1) is 13.8 Å². The van der Waals surface area contributed by atoms with E-state index in [1.165, 1.54) is 19.3 Å². The van der Waals surface area contributed by atoms with E-state index >= 15 is 0 Å². The maximum absolute atomic E-state index is 12.4. The summed E-state index contributed by atoms with van der Waals surface area (Å²) in [7, 11) is 1.49. The summed E-state index contributed by atoms with van der Waals surface area (Å²) in [5, 5.41) is 3.88. The van der Waals surface area contributed by atoms with Gasteiger partial charge in [-0.25, -0.2) is 0 Å². The number of aromatic nitrogens is 1. The zero-order valence-corrected chi connectivity index (χ0v) is 17.4. The Morgan fingerprint density at radius 1 is 1.27 bits per heavy atom. The monoisotopic (exact) mass is 426 g/mol. The maximum Gasteiger partial charge on any atom is 0.390 e. The van der Waals surface area contributed by atoms with Gasteiger partial charge in [0.2, 0.25) is 5.91 Å². The number of ether oxygens (including phenoxy) is 2. The van der Waals surface area contributed by atoms with Crippen LogP contribution in [0.25, 0.3) is 6.08 Å². The van der Waals surface area contributed by atoms with Crippen LogP contribution in [0.15, 0.2) is 28.8 Å². The molecule has 0 saturated heterocycles. The predicted molar refractivity (Wildman–Crippen MR) is 105 cm³/mol. The van der Waals surface area contributed by atoms with Crippen molar-refractivity contribution in [3.63, 3.8) is 0 Å². The summed E-state index contributed by atoms with van der Waals surface area (Å²) in [6.07, 6.45) is -2.56. The van der Waals surface area contributed by atoms with Crippen LogP contribution in [0.3, 0.4) is 0 Å². The average Bonchev–Trinajstić information content (AvgIpc) is 3.02. The Morgan fingerprint density at radius 2 is 2.00 bits per heavy atom. The first-order valence-corrected chi connectivity index (χ1v) is 9.41. The van der Waals surface area contributed by atoms with Gasteiger partial charge in [0.05, 0.1) is 24.8 Å². The molecule has 0 radical (unpaired) electrons. The van der Waals surface area contributed by atoms with Crippen LogP contribution in [0.1, 0.15) is 35.9 Å². The lowest BCUT2D eigenvalue weighted by molar-refractivity contribution is -0.143. The molecule has 1 heterocycles. The highest BCUT2D eigenvalue weighted by atomic mass is 19.4. The molecule has 0 bridgehead atoms. The lowest BCUT2D eigenvalue weighted by Crippen LogP contribution is -2.32. The Balaban J connectivity index is 2.05. The van der Waals surface area contributed by atoms with Gasteiger partial charge in [-0.1, -0.05) is 11.2 Å². The Hall–Kier alpha value is -2.97. The van der Waals surface area contributed by atoms with Crippen molar-refractivity contribution in [3.05, 3.63) is 46.9 Å². The minimum Gasteiger partial charge on any atom is -0.493 e. The molecule has 2 aromatic rings. The van der Waals surface area contributed by atoms with Crippen molar-refractivity contribution in [3.8, 4) is 11.5 Å². The summed E-state index contributed by atoms with van der Waals surface area (Å²) in [5.74, 6) is 1.15. The van der Waals surface area contributed by atoms with E-state index in [4.69, 9.17) is 14.0 Å². The number of benzene rings is 1. The van der Waals surface area contributed by atoms with E-state index in [1.54, 1.807) is 32.0 Å². The predicted octanol–water partition coefficient (Wildman–Crippen LogP) is 4.69. The lowest BCUT2D eigenvalue weighted by atomic mass is 10.1.